The van der Waals surface area contributed by atoms with Crippen molar-refractivity contribution in [3.8, 4) is 0 Å². The Kier molecular flexibility index (Phi) is 9.93. The maximum atomic E-state index is 12.9. The molecule has 0 bridgehead atoms. The summed E-state index contributed by atoms with van der Waals surface area (Å²) in [5.74, 6) is 1.14. The van der Waals surface area contributed by atoms with E-state index in [1.807, 2.05) is 32.1 Å². The van der Waals surface area contributed by atoms with E-state index in [9.17, 15) is 13.2 Å². The van der Waals surface area contributed by atoms with E-state index >= 15 is 0 Å². The lowest BCUT2D eigenvalue weighted by Crippen LogP contribution is -2.21. The summed E-state index contributed by atoms with van der Waals surface area (Å²) < 4.78 is 38.7. The Hall–Kier alpha value is -3.33. The molecule has 0 spiro atoms. The van der Waals surface area contributed by atoms with Crippen LogP contribution in [0.25, 0.3) is 0 Å². The monoisotopic (exact) mass is 460 g/mol. The SMILES string of the molecule is CCNCCN=C(Nc1ccc(C(F)(F)F)cc1)c1ccc(C/C(C)=C\C=C/N)nc1NC. The number of aliphatic imine (C=N–C) groups is 1. The zero-order valence-electron chi connectivity index (χ0n) is 19.1. The first-order valence-corrected chi connectivity index (χ1v) is 10.7. The van der Waals surface area contributed by atoms with Gasteiger partial charge >= 0.3 is 6.18 Å². The van der Waals surface area contributed by atoms with Crippen LogP contribution in [0.1, 0.15) is 30.7 Å². The summed E-state index contributed by atoms with van der Waals surface area (Å²) in [6.07, 6.45) is 1.44. The van der Waals surface area contributed by atoms with Crippen molar-refractivity contribution in [2.75, 3.05) is 37.3 Å². The minimum Gasteiger partial charge on any atom is -0.405 e. The normalized spacial score (nSPS) is 12.9. The lowest BCUT2D eigenvalue weighted by molar-refractivity contribution is -0.137. The van der Waals surface area contributed by atoms with Crippen LogP contribution in [0.15, 0.2) is 65.3 Å². The fourth-order valence-electron chi connectivity index (χ4n) is 3.04. The molecule has 0 amide bonds. The number of hydrogen-bond donors (Lipinski definition) is 4. The Morgan fingerprint density at radius 3 is 2.48 bits per heavy atom. The highest BCUT2D eigenvalue weighted by molar-refractivity contribution is 6.11. The van der Waals surface area contributed by atoms with Crippen molar-refractivity contribution in [3.05, 3.63) is 77.1 Å². The van der Waals surface area contributed by atoms with Crippen LogP contribution < -0.4 is 21.7 Å². The molecule has 0 unspecified atom stereocenters. The number of rotatable bonds is 10. The van der Waals surface area contributed by atoms with Gasteiger partial charge in [-0.3, -0.25) is 4.99 Å². The quantitative estimate of drug-likeness (QED) is 0.181. The van der Waals surface area contributed by atoms with Crippen LogP contribution in [-0.2, 0) is 12.6 Å². The Labute approximate surface area is 192 Å². The maximum Gasteiger partial charge on any atom is 0.416 e. The van der Waals surface area contributed by atoms with E-state index in [0.717, 1.165) is 35.5 Å². The van der Waals surface area contributed by atoms with Gasteiger partial charge in [-0.25, -0.2) is 4.98 Å². The molecule has 0 saturated carbocycles. The lowest BCUT2D eigenvalue weighted by atomic mass is 10.1. The highest BCUT2D eigenvalue weighted by Gasteiger charge is 2.30. The number of pyridine rings is 1. The van der Waals surface area contributed by atoms with Crippen molar-refractivity contribution in [1.82, 2.24) is 10.3 Å². The molecular weight excluding hydrogens is 429 g/mol. The van der Waals surface area contributed by atoms with Gasteiger partial charge in [0.15, 0.2) is 0 Å². The predicted molar refractivity (Wildman–Crippen MR) is 130 cm³/mol. The molecule has 0 aliphatic heterocycles. The number of alkyl halides is 3. The summed E-state index contributed by atoms with van der Waals surface area (Å²) in [6, 6.07) is 8.69. The Morgan fingerprint density at radius 2 is 1.88 bits per heavy atom. The van der Waals surface area contributed by atoms with Crippen molar-refractivity contribution in [3.63, 3.8) is 0 Å². The molecule has 6 nitrogen and oxygen atoms in total. The van der Waals surface area contributed by atoms with Gasteiger partial charge < -0.3 is 21.7 Å². The summed E-state index contributed by atoms with van der Waals surface area (Å²) in [5.41, 5.74) is 7.88. The molecule has 2 aromatic rings. The third-order valence-electron chi connectivity index (χ3n) is 4.68. The number of benzene rings is 1. The average molecular weight is 461 g/mol. The molecule has 0 radical (unpaired) electrons. The highest BCUT2D eigenvalue weighted by atomic mass is 19.4. The van der Waals surface area contributed by atoms with Gasteiger partial charge in [-0.2, -0.15) is 13.2 Å². The van der Waals surface area contributed by atoms with E-state index in [1.54, 1.807) is 13.1 Å². The minimum absolute atomic E-state index is 0.495. The van der Waals surface area contributed by atoms with Crippen molar-refractivity contribution < 1.29 is 13.2 Å². The van der Waals surface area contributed by atoms with Crippen molar-refractivity contribution in [2.45, 2.75) is 26.4 Å². The standard InChI is InChI=1S/C24H31F3N6/c1-4-30-14-15-31-23(32-19-9-7-18(8-10-19)24(25,26)27)21-12-11-20(33-22(21)29-3)16-17(2)6-5-13-28/h5-13,30H,4,14-16,28H2,1-3H3,(H,29,33)(H,31,32)/b13-5-,17-6-. The molecule has 1 heterocycles. The second kappa shape index (κ2) is 12.6. The van der Waals surface area contributed by atoms with Crippen LogP contribution in [0.4, 0.5) is 24.7 Å². The molecule has 0 atom stereocenters. The third kappa shape index (κ3) is 8.27. The molecule has 178 valence electrons. The Morgan fingerprint density at radius 1 is 1.15 bits per heavy atom. The van der Waals surface area contributed by atoms with Crippen LogP contribution in [0.3, 0.4) is 0 Å². The molecular formula is C24H31F3N6. The van der Waals surface area contributed by atoms with E-state index in [2.05, 4.69) is 20.9 Å². The zero-order chi connectivity index (χ0) is 24.3. The number of amidine groups is 1. The fraction of sp³-hybridized carbons (Fsp3) is 0.333. The molecule has 9 heteroatoms. The van der Waals surface area contributed by atoms with E-state index in [1.165, 1.54) is 18.3 Å². The zero-order valence-corrected chi connectivity index (χ0v) is 19.1. The number of allylic oxidation sites excluding steroid dienone is 3. The van der Waals surface area contributed by atoms with Crippen LogP contribution in [0.2, 0.25) is 0 Å². The van der Waals surface area contributed by atoms with Gasteiger partial charge in [0.05, 0.1) is 17.7 Å². The average Bonchev–Trinajstić information content (AvgIpc) is 2.79. The highest BCUT2D eigenvalue weighted by Crippen LogP contribution is 2.30. The van der Waals surface area contributed by atoms with Crippen molar-refractivity contribution in [1.29, 1.82) is 0 Å². The Bertz CT molecular complexity index is 979. The van der Waals surface area contributed by atoms with E-state index in [4.69, 9.17) is 10.7 Å². The van der Waals surface area contributed by atoms with Crippen molar-refractivity contribution >= 4 is 17.3 Å². The summed E-state index contributed by atoms with van der Waals surface area (Å²) in [6.45, 7) is 5.99. The fourth-order valence-corrected chi connectivity index (χ4v) is 3.04. The summed E-state index contributed by atoms with van der Waals surface area (Å²) in [5, 5.41) is 9.46. The van der Waals surface area contributed by atoms with Gasteiger partial charge in [-0.15, -0.1) is 0 Å². The first-order valence-electron chi connectivity index (χ1n) is 10.7. The van der Waals surface area contributed by atoms with Crippen LogP contribution in [-0.4, -0.2) is 37.5 Å². The Balaban J connectivity index is 2.34. The van der Waals surface area contributed by atoms with Gasteiger partial charge in [-0.1, -0.05) is 18.6 Å². The number of nitrogens with two attached hydrogens (primary N) is 1. The maximum absolute atomic E-state index is 12.9. The smallest absolute Gasteiger partial charge is 0.405 e. The first kappa shape index (κ1) is 25.9. The number of nitrogens with zero attached hydrogens (tertiary/aromatic N) is 2. The van der Waals surface area contributed by atoms with Crippen LogP contribution in [0.5, 0.6) is 0 Å². The van der Waals surface area contributed by atoms with Gasteiger partial charge in [0, 0.05) is 31.4 Å². The second-order valence-corrected chi connectivity index (χ2v) is 7.31. The summed E-state index contributed by atoms with van der Waals surface area (Å²) >= 11 is 0. The predicted octanol–water partition coefficient (Wildman–Crippen LogP) is 4.57. The molecule has 0 fully saturated rings. The largest absolute Gasteiger partial charge is 0.416 e. The number of hydrogen-bond acceptors (Lipinski definition) is 5. The molecule has 5 N–H and O–H groups in total. The van der Waals surface area contributed by atoms with Gasteiger partial charge in [0.1, 0.15) is 11.7 Å². The third-order valence-corrected chi connectivity index (χ3v) is 4.68. The van der Waals surface area contributed by atoms with E-state index in [0.29, 0.717) is 36.9 Å². The van der Waals surface area contributed by atoms with Crippen LogP contribution in [0, 0.1) is 0 Å². The van der Waals surface area contributed by atoms with Gasteiger partial charge in [0.25, 0.3) is 0 Å². The molecule has 0 saturated heterocycles. The number of anilines is 2. The van der Waals surface area contributed by atoms with Gasteiger partial charge in [0.2, 0.25) is 0 Å². The lowest BCUT2D eigenvalue weighted by Gasteiger charge is -2.16. The number of likely N-dealkylation sites (N-methyl/N-ethyl adjacent to an activating group) is 1. The molecule has 2 rings (SSSR count). The number of nitrogens with one attached hydrogen (secondary N) is 3. The molecule has 1 aromatic heterocycles. The number of aromatic nitrogens is 1. The topological polar surface area (TPSA) is 87.4 Å². The second-order valence-electron chi connectivity index (χ2n) is 7.31. The molecule has 1 aromatic carbocycles. The van der Waals surface area contributed by atoms with E-state index in [-0.39, 0.29) is 0 Å². The van der Waals surface area contributed by atoms with Crippen LogP contribution >= 0.6 is 0 Å². The van der Waals surface area contributed by atoms with Crippen molar-refractivity contribution in [2.24, 2.45) is 10.7 Å². The molecule has 33 heavy (non-hydrogen) atoms. The summed E-state index contributed by atoms with van der Waals surface area (Å²) in [4.78, 5) is 9.34. The van der Waals surface area contributed by atoms with E-state index < -0.39 is 11.7 Å². The first-order chi connectivity index (χ1) is 15.8. The number of halogens is 3. The summed E-state index contributed by atoms with van der Waals surface area (Å²) in [7, 11) is 1.77. The van der Waals surface area contributed by atoms with Gasteiger partial charge in [-0.05, 0) is 62.1 Å². The minimum atomic E-state index is -4.38. The molecule has 0 aliphatic carbocycles. The molecule has 0 aliphatic rings.